The highest BCUT2D eigenvalue weighted by Crippen LogP contribution is 2.45. The number of carboxylic acids is 1. The van der Waals surface area contributed by atoms with Gasteiger partial charge < -0.3 is 10.2 Å². The molecule has 1 aliphatic carbocycles. The first-order chi connectivity index (χ1) is 6.29. The SMILES string of the molecule is O=C(O)C1CCCCC1(O)C(F)(F)F. The van der Waals surface area contributed by atoms with Gasteiger partial charge in [0, 0.05) is 0 Å². The highest BCUT2D eigenvalue weighted by molar-refractivity contribution is 5.72. The second kappa shape index (κ2) is 3.42. The lowest BCUT2D eigenvalue weighted by molar-refractivity contribution is -0.287. The lowest BCUT2D eigenvalue weighted by atomic mass is 9.75. The molecular formula is C8H11F3O3. The van der Waals surface area contributed by atoms with E-state index in [2.05, 4.69) is 0 Å². The van der Waals surface area contributed by atoms with Crippen LogP contribution < -0.4 is 0 Å². The summed E-state index contributed by atoms with van der Waals surface area (Å²) in [6.07, 6.45) is -4.88. The maximum absolute atomic E-state index is 12.4. The Balaban J connectivity index is 2.97. The topological polar surface area (TPSA) is 57.5 Å². The van der Waals surface area contributed by atoms with E-state index in [1.165, 1.54) is 0 Å². The molecule has 0 radical (unpaired) electrons. The van der Waals surface area contributed by atoms with E-state index >= 15 is 0 Å². The standard InChI is InChI=1S/C8H11F3O3/c9-8(10,11)7(14)4-2-1-3-5(7)6(12)13/h5,14H,1-4H2,(H,12,13). The molecule has 2 atom stereocenters. The predicted octanol–water partition coefficient (Wildman–Crippen LogP) is 1.55. The van der Waals surface area contributed by atoms with Crippen molar-refractivity contribution >= 4 is 5.97 Å². The fourth-order valence-electron chi connectivity index (χ4n) is 1.82. The van der Waals surface area contributed by atoms with Crippen LogP contribution in [0.25, 0.3) is 0 Å². The first-order valence-electron chi connectivity index (χ1n) is 4.31. The van der Waals surface area contributed by atoms with Gasteiger partial charge in [-0.2, -0.15) is 13.2 Å². The van der Waals surface area contributed by atoms with Crippen molar-refractivity contribution in [2.75, 3.05) is 0 Å². The van der Waals surface area contributed by atoms with Gasteiger partial charge in [0.05, 0.1) is 5.92 Å². The van der Waals surface area contributed by atoms with Crippen molar-refractivity contribution in [2.45, 2.75) is 37.5 Å². The molecule has 2 N–H and O–H groups in total. The average molecular weight is 212 g/mol. The zero-order chi connectivity index (χ0) is 11.0. The summed E-state index contributed by atoms with van der Waals surface area (Å²) in [7, 11) is 0. The number of aliphatic hydroxyl groups is 1. The minimum absolute atomic E-state index is 0.120. The summed E-state index contributed by atoms with van der Waals surface area (Å²) in [6, 6.07) is 0. The van der Waals surface area contributed by atoms with Crippen molar-refractivity contribution in [3.05, 3.63) is 0 Å². The molecular weight excluding hydrogens is 201 g/mol. The lowest BCUT2D eigenvalue weighted by Crippen LogP contribution is -2.55. The fourth-order valence-corrected chi connectivity index (χ4v) is 1.82. The summed E-state index contributed by atoms with van der Waals surface area (Å²) < 4.78 is 37.3. The molecule has 0 aromatic rings. The molecule has 1 saturated carbocycles. The Labute approximate surface area is 78.5 Å². The molecule has 0 amide bonds. The number of rotatable bonds is 1. The third-order valence-electron chi connectivity index (χ3n) is 2.67. The van der Waals surface area contributed by atoms with Crippen LogP contribution in [0.2, 0.25) is 0 Å². The van der Waals surface area contributed by atoms with E-state index in [1.54, 1.807) is 0 Å². The number of carboxylic acid groups (broad SMARTS) is 1. The van der Waals surface area contributed by atoms with Crippen molar-refractivity contribution in [1.29, 1.82) is 0 Å². The maximum Gasteiger partial charge on any atom is 0.418 e. The van der Waals surface area contributed by atoms with Crippen LogP contribution in [0, 0.1) is 5.92 Å². The zero-order valence-electron chi connectivity index (χ0n) is 7.34. The van der Waals surface area contributed by atoms with Crippen molar-refractivity contribution in [3.63, 3.8) is 0 Å². The Hall–Kier alpha value is -0.780. The smallest absolute Gasteiger partial charge is 0.418 e. The minimum atomic E-state index is -4.86. The molecule has 0 spiro atoms. The van der Waals surface area contributed by atoms with E-state index < -0.39 is 30.1 Å². The number of aliphatic carboxylic acids is 1. The summed E-state index contributed by atoms with van der Waals surface area (Å²) >= 11 is 0. The lowest BCUT2D eigenvalue weighted by Gasteiger charge is -2.38. The molecule has 0 aromatic heterocycles. The summed E-state index contributed by atoms with van der Waals surface area (Å²) in [5.41, 5.74) is -3.04. The molecule has 0 aliphatic heterocycles. The molecule has 1 fully saturated rings. The Morgan fingerprint density at radius 1 is 1.36 bits per heavy atom. The highest BCUT2D eigenvalue weighted by atomic mass is 19.4. The molecule has 1 rings (SSSR count). The van der Waals surface area contributed by atoms with Crippen LogP contribution in [0.5, 0.6) is 0 Å². The molecule has 0 heterocycles. The predicted molar refractivity (Wildman–Crippen MR) is 40.6 cm³/mol. The molecule has 82 valence electrons. The van der Waals surface area contributed by atoms with Gasteiger partial charge in [-0.25, -0.2) is 0 Å². The number of carbonyl (C=O) groups is 1. The third kappa shape index (κ3) is 1.70. The van der Waals surface area contributed by atoms with Crippen LogP contribution in [-0.2, 0) is 4.79 Å². The monoisotopic (exact) mass is 212 g/mol. The molecule has 0 bridgehead atoms. The molecule has 3 nitrogen and oxygen atoms in total. The summed E-state index contributed by atoms with van der Waals surface area (Å²) in [5.74, 6) is -3.30. The number of halogens is 3. The second-order valence-corrected chi connectivity index (χ2v) is 3.56. The normalized spacial score (nSPS) is 34.1. The van der Waals surface area contributed by atoms with E-state index in [0.717, 1.165) is 0 Å². The minimum Gasteiger partial charge on any atom is -0.481 e. The largest absolute Gasteiger partial charge is 0.481 e. The van der Waals surface area contributed by atoms with E-state index in [9.17, 15) is 23.1 Å². The number of hydrogen-bond donors (Lipinski definition) is 2. The van der Waals surface area contributed by atoms with Crippen LogP contribution in [0.1, 0.15) is 25.7 Å². The van der Waals surface area contributed by atoms with Gasteiger partial charge in [-0.1, -0.05) is 12.8 Å². The maximum atomic E-state index is 12.4. The van der Waals surface area contributed by atoms with Gasteiger partial charge in [-0.15, -0.1) is 0 Å². The molecule has 14 heavy (non-hydrogen) atoms. The highest BCUT2D eigenvalue weighted by Gasteiger charge is 2.61. The van der Waals surface area contributed by atoms with Gasteiger partial charge in [-0.05, 0) is 12.8 Å². The van der Waals surface area contributed by atoms with Crippen molar-refractivity contribution < 1.29 is 28.2 Å². The van der Waals surface area contributed by atoms with E-state index in [0.29, 0.717) is 6.42 Å². The van der Waals surface area contributed by atoms with Crippen molar-refractivity contribution in [1.82, 2.24) is 0 Å². The zero-order valence-corrected chi connectivity index (χ0v) is 7.34. The second-order valence-electron chi connectivity index (χ2n) is 3.56. The van der Waals surface area contributed by atoms with Gasteiger partial charge in [-0.3, -0.25) is 4.79 Å². The Morgan fingerprint density at radius 3 is 2.29 bits per heavy atom. The van der Waals surface area contributed by atoms with Crippen LogP contribution in [0.3, 0.4) is 0 Å². The van der Waals surface area contributed by atoms with Gasteiger partial charge in [0.1, 0.15) is 0 Å². The van der Waals surface area contributed by atoms with Crippen LogP contribution in [-0.4, -0.2) is 28.0 Å². The van der Waals surface area contributed by atoms with Gasteiger partial charge in [0.25, 0.3) is 0 Å². The van der Waals surface area contributed by atoms with E-state index in [-0.39, 0.29) is 12.8 Å². The molecule has 0 saturated heterocycles. The molecule has 2 unspecified atom stereocenters. The van der Waals surface area contributed by atoms with E-state index in [1.807, 2.05) is 0 Å². The first-order valence-corrected chi connectivity index (χ1v) is 4.31. The molecule has 1 aliphatic rings. The molecule has 0 aromatic carbocycles. The van der Waals surface area contributed by atoms with Crippen molar-refractivity contribution in [2.24, 2.45) is 5.92 Å². The molecule has 6 heteroatoms. The van der Waals surface area contributed by atoms with E-state index in [4.69, 9.17) is 5.11 Å². The number of hydrogen-bond acceptors (Lipinski definition) is 2. The van der Waals surface area contributed by atoms with Crippen LogP contribution in [0.15, 0.2) is 0 Å². The fraction of sp³-hybridized carbons (Fsp3) is 0.875. The third-order valence-corrected chi connectivity index (χ3v) is 2.67. The van der Waals surface area contributed by atoms with Crippen LogP contribution >= 0.6 is 0 Å². The van der Waals surface area contributed by atoms with Gasteiger partial charge in [0.15, 0.2) is 5.60 Å². The number of alkyl halides is 3. The first kappa shape index (κ1) is 11.3. The Bertz CT molecular complexity index is 238. The summed E-state index contributed by atoms with van der Waals surface area (Å²) in [4.78, 5) is 10.6. The quantitative estimate of drug-likeness (QED) is 0.693. The van der Waals surface area contributed by atoms with Gasteiger partial charge >= 0.3 is 12.1 Å². The summed E-state index contributed by atoms with van der Waals surface area (Å²) in [5, 5.41) is 17.9. The average Bonchev–Trinajstić information content (AvgIpc) is 2.02. The van der Waals surface area contributed by atoms with Crippen LogP contribution in [0.4, 0.5) is 13.2 Å². The van der Waals surface area contributed by atoms with Crippen molar-refractivity contribution in [3.8, 4) is 0 Å². The van der Waals surface area contributed by atoms with Gasteiger partial charge in [0.2, 0.25) is 0 Å². The Morgan fingerprint density at radius 2 is 1.93 bits per heavy atom. The Kier molecular flexibility index (Phi) is 2.76. The summed E-state index contributed by atoms with van der Waals surface area (Å²) in [6.45, 7) is 0.